The Morgan fingerprint density at radius 3 is 2.82 bits per heavy atom. The van der Waals surface area contributed by atoms with E-state index in [9.17, 15) is 9.59 Å². The number of benzene rings is 1. The molecule has 0 aromatic heterocycles. The molecule has 0 spiro atoms. The maximum absolute atomic E-state index is 12.8. The van der Waals surface area contributed by atoms with E-state index in [4.69, 9.17) is 14.2 Å². The monoisotopic (exact) mass is 299 g/mol. The van der Waals surface area contributed by atoms with Crippen LogP contribution in [0.4, 0.5) is 5.69 Å². The first-order valence-corrected chi connectivity index (χ1v) is 7.23. The maximum Gasteiger partial charge on any atom is 0.241 e. The zero-order chi connectivity index (χ0) is 15.1. The molecule has 0 unspecified atom stereocenters. The van der Waals surface area contributed by atoms with Crippen LogP contribution >= 0.6 is 0 Å². The van der Waals surface area contributed by atoms with Crippen LogP contribution in [0, 0.1) is 11.8 Å². The molecule has 2 fully saturated rings. The first kappa shape index (κ1) is 12.2. The number of nitrogens with zero attached hydrogens (tertiary/aromatic N) is 1. The Balaban J connectivity index is 1.58. The smallest absolute Gasteiger partial charge is 0.241 e. The van der Waals surface area contributed by atoms with E-state index in [0.29, 0.717) is 17.2 Å². The Kier molecular flexibility index (Phi) is 2.06. The topological polar surface area (TPSA) is 65.1 Å². The van der Waals surface area contributed by atoms with E-state index in [2.05, 4.69) is 0 Å². The van der Waals surface area contributed by atoms with Crippen LogP contribution in [-0.2, 0) is 14.3 Å². The summed E-state index contributed by atoms with van der Waals surface area (Å²) >= 11 is 0. The van der Waals surface area contributed by atoms with Gasteiger partial charge in [0.1, 0.15) is 0 Å². The molecule has 5 rings (SSSR count). The van der Waals surface area contributed by atoms with E-state index in [0.717, 1.165) is 0 Å². The van der Waals surface area contributed by atoms with Crippen molar-refractivity contribution in [2.24, 2.45) is 11.8 Å². The highest BCUT2D eigenvalue weighted by Crippen LogP contribution is 2.52. The summed E-state index contributed by atoms with van der Waals surface area (Å²) in [7, 11) is 0. The Morgan fingerprint density at radius 1 is 1.18 bits per heavy atom. The average molecular weight is 299 g/mol. The third-order valence-electron chi connectivity index (χ3n) is 4.94. The number of carbonyl (C=O) groups is 2. The van der Waals surface area contributed by atoms with Crippen LogP contribution in [0.3, 0.4) is 0 Å². The molecule has 1 aromatic rings. The number of rotatable bonds is 1. The predicted octanol–water partition coefficient (Wildman–Crippen LogP) is 1.25. The lowest BCUT2D eigenvalue weighted by molar-refractivity contribution is -0.126. The van der Waals surface area contributed by atoms with Crippen molar-refractivity contribution in [1.82, 2.24) is 0 Å². The summed E-state index contributed by atoms with van der Waals surface area (Å²) < 4.78 is 16.4. The summed E-state index contributed by atoms with van der Waals surface area (Å²) in [4.78, 5) is 26.8. The fourth-order valence-corrected chi connectivity index (χ4v) is 3.93. The number of carbonyl (C=O) groups excluding carboxylic acids is 2. The first-order chi connectivity index (χ1) is 10.6. The van der Waals surface area contributed by atoms with Gasteiger partial charge in [0.05, 0.1) is 29.2 Å². The average Bonchev–Trinajstić information content (AvgIpc) is 3.20. The normalized spacial score (nSPS) is 37.3. The van der Waals surface area contributed by atoms with Crippen LogP contribution in [0.15, 0.2) is 30.4 Å². The van der Waals surface area contributed by atoms with Gasteiger partial charge >= 0.3 is 0 Å². The predicted molar refractivity (Wildman–Crippen MR) is 74.5 cm³/mol. The van der Waals surface area contributed by atoms with Crippen molar-refractivity contribution < 1.29 is 23.8 Å². The molecule has 0 aliphatic carbocycles. The lowest BCUT2D eigenvalue weighted by atomic mass is 9.78. The largest absolute Gasteiger partial charge is 0.454 e. The van der Waals surface area contributed by atoms with E-state index in [1.165, 1.54) is 4.90 Å². The van der Waals surface area contributed by atoms with Crippen molar-refractivity contribution in [3.05, 3.63) is 30.4 Å². The van der Waals surface area contributed by atoms with Gasteiger partial charge in [0.2, 0.25) is 18.6 Å². The van der Waals surface area contributed by atoms with Crippen LogP contribution in [0.25, 0.3) is 0 Å². The molecule has 6 nitrogen and oxygen atoms in total. The van der Waals surface area contributed by atoms with E-state index in [1.807, 2.05) is 19.1 Å². The number of hydrogen-bond acceptors (Lipinski definition) is 5. The van der Waals surface area contributed by atoms with Gasteiger partial charge in [-0.1, -0.05) is 12.2 Å². The zero-order valence-corrected chi connectivity index (χ0v) is 11.8. The van der Waals surface area contributed by atoms with Gasteiger partial charge < -0.3 is 14.2 Å². The second-order valence-corrected chi connectivity index (χ2v) is 6.18. The van der Waals surface area contributed by atoms with Crippen LogP contribution in [-0.4, -0.2) is 30.3 Å². The van der Waals surface area contributed by atoms with Gasteiger partial charge in [0.25, 0.3) is 0 Å². The molecule has 4 heterocycles. The molecule has 4 aliphatic rings. The Bertz CT molecular complexity index is 757. The molecular formula is C16H13NO5. The van der Waals surface area contributed by atoms with Crippen LogP contribution in [0.2, 0.25) is 0 Å². The summed E-state index contributed by atoms with van der Waals surface area (Å²) in [5, 5.41) is 0. The van der Waals surface area contributed by atoms with Crippen molar-refractivity contribution in [2.75, 3.05) is 11.7 Å². The fraction of sp³-hybridized carbons (Fsp3) is 0.375. The van der Waals surface area contributed by atoms with Gasteiger partial charge in [-0.3, -0.25) is 9.59 Å². The van der Waals surface area contributed by atoms with Crippen molar-refractivity contribution in [1.29, 1.82) is 0 Å². The van der Waals surface area contributed by atoms with Crippen LogP contribution in [0.5, 0.6) is 11.5 Å². The minimum atomic E-state index is -0.673. The number of ether oxygens (including phenoxy) is 3. The van der Waals surface area contributed by atoms with E-state index >= 15 is 0 Å². The first-order valence-electron chi connectivity index (χ1n) is 7.23. The molecule has 112 valence electrons. The Morgan fingerprint density at radius 2 is 2.00 bits per heavy atom. The van der Waals surface area contributed by atoms with Gasteiger partial charge in [-0.25, -0.2) is 4.90 Å². The third kappa shape index (κ3) is 1.29. The van der Waals surface area contributed by atoms with Gasteiger partial charge in [0, 0.05) is 6.07 Å². The molecule has 22 heavy (non-hydrogen) atoms. The Labute approximate surface area is 126 Å². The minimum Gasteiger partial charge on any atom is -0.454 e. The number of hydrogen-bond donors (Lipinski definition) is 0. The molecule has 1 aromatic carbocycles. The highest BCUT2D eigenvalue weighted by atomic mass is 16.7. The fourth-order valence-electron chi connectivity index (χ4n) is 3.93. The van der Waals surface area contributed by atoms with Crippen molar-refractivity contribution in [3.8, 4) is 11.5 Å². The molecule has 0 N–H and O–H groups in total. The van der Waals surface area contributed by atoms with Crippen LogP contribution < -0.4 is 14.4 Å². The second-order valence-electron chi connectivity index (χ2n) is 6.18. The molecule has 0 radical (unpaired) electrons. The number of anilines is 1. The molecule has 2 saturated heterocycles. The van der Waals surface area contributed by atoms with Gasteiger partial charge in [-0.15, -0.1) is 0 Å². The highest BCUT2D eigenvalue weighted by Gasteiger charge is 2.66. The summed E-state index contributed by atoms with van der Waals surface area (Å²) in [6.07, 6.45) is 3.48. The molecule has 2 amide bonds. The van der Waals surface area contributed by atoms with Gasteiger partial charge in [-0.05, 0) is 19.1 Å². The SMILES string of the molecule is C[C@@]12C=C[C@@H](O1)[C@@H]1C(=O)N(c3ccc4c(c3)OCO4)C(=O)[C@@H]12. The van der Waals surface area contributed by atoms with Crippen molar-refractivity contribution in [2.45, 2.75) is 18.6 Å². The summed E-state index contributed by atoms with van der Waals surface area (Å²) in [6, 6.07) is 5.11. The standard InChI is InChI=1S/C16H13NO5/c1-16-5-4-10(22-16)12-13(16)15(19)17(14(12)18)8-2-3-9-11(6-8)21-7-20-9/h2-6,10,12-13H,7H2,1H3/t10-,12+,13-,16+/m1/s1. The molecule has 4 aliphatic heterocycles. The van der Waals surface area contributed by atoms with E-state index in [1.54, 1.807) is 18.2 Å². The third-order valence-corrected chi connectivity index (χ3v) is 4.94. The second kappa shape index (κ2) is 3.70. The maximum atomic E-state index is 12.8. The van der Waals surface area contributed by atoms with Crippen molar-refractivity contribution in [3.63, 3.8) is 0 Å². The van der Waals surface area contributed by atoms with E-state index < -0.39 is 17.4 Å². The summed E-state index contributed by atoms with van der Waals surface area (Å²) in [5.74, 6) is -0.0951. The summed E-state index contributed by atoms with van der Waals surface area (Å²) in [6.45, 7) is 2.02. The zero-order valence-electron chi connectivity index (χ0n) is 11.8. The lowest BCUT2D eigenvalue weighted by Crippen LogP contribution is -2.38. The van der Waals surface area contributed by atoms with Crippen LogP contribution in [0.1, 0.15) is 6.92 Å². The number of imide groups is 1. The quantitative estimate of drug-likeness (QED) is 0.577. The molecule has 2 bridgehead atoms. The molecule has 4 atom stereocenters. The molecular weight excluding hydrogens is 286 g/mol. The van der Waals surface area contributed by atoms with Crippen molar-refractivity contribution >= 4 is 17.5 Å². The Hall–Kier alpha value is -2.34. The van der Waals surface area contributed by atoms with E-state index in [-0.39, 0.29) is 24.7 Å². The molecule has 6 heteroatoms. The molecule has 0 saturated carbocycles. The lowest BCUT2D eigenvalue weighted by Gasteiger charge is -2.24. The number of fused-ring (bicyclic) bond motifs is 6. The van der Waals surface area contributed by atoms with Gasteiger partial charge in [-0.2, -0.15) is 0 Å². The number of amides is 2. The van der Waals surface area contributed by atoms with Gasteiger partial charge in [0.15, 0.2) is 11.5 Å². The summed E-state index contributed by atoms with van der Waals surface area (Å²) in [5.41, 5.74) is -0.149. The highest BCUT2D eigenvalue weighted by molar-refractivity contribution is 6.23. The minimum absolute atomic E-state index is 0.157.